The summed E-state index contributed by atoms with van der Waals surface area (Å²) in [5, 5.41) is 0.593. The molecule has 2 aromatic carbocycles. The number of aryl methyl sites for hydroxylation is 1. The number of sulfonamides is 1. The molecule has 2 heterocycles. The second-order valence-corrected chi connectivity index (χ2v) is 11.0. The monoisotopic (exact) mass is 489 g/mol. The van der Waals surface area contributed by atoms with Crippen LogP contribution in [0.2, 0.25) is 5.02 Å². The topological polar surface area (TPSA) is 86.8 Å². The highest BCUT2D eigenvalue weighted by molar-refractivity contribution is 7.89. The number of piperidine rings is 1. The Morgan fingerprint density at radius 2 is 1.79 bits per heavy atom. The number of rotatable bonds is 6. The lowest BCUT2D eigenvalue weighted by atomic mass is 9.96. The summed E-state index contributed by atoms with van der Waals surface area (Å²) in [7, 11) is -3.59. The molecule has 0 aromatic heterocycles. The zero-order valence-corrected chi connectivity index (χ0v) is 20.1. The molecule has 33 heavy (non-hydrogen) atoms. The van der Waals surface area contributed by atoms with Crippen molar-refractivity contribution in [2.24, 2.45) is 11.8 Å². The standard InChI is InChI=1S/C24H28ClN3O4S/c1-17-4-10-22(11-5-17)33(31,32)26-14-18-3-2-12-27(15-18)24(30)19-13-23(29)28(16-19)21-8-6-20(25)7-9-21/h4-11,18-19,26H,2-3,12-16H2,1H3/t18-,19+/m0/s1. The lowest BCUT2D eigenvalue weighted by Gasteiger charge is -2.34. The third kappa shape index (κ3) is 5.57. The van der Waals surface area contributed by atoms with Gasteiger partial charge in [0.05, 0.1) is 10.8 Å². The molecule has 176 valence electrons. The molecule has 4 rings (SSSR count). The van der Waals surface area contributed by atoms with E-state index in [2.05, 4.69) is 4.72 Å². The highest BCUT2D eigenvalue weighted by atomic mass is 35.5. The number of carbonyl (C=O) groups excluding carboxylic acids is 2. The fraction of sp³-hybridized carbons (Fsp3) is 0.417. The van der Waals surface area contributed by atoms with Crippen molar-refractivity contribution in [1.29, 1.82) is 0 Å². The number of hydrogen-bond donors (Lipinski definition) is 1. The van der Waals surface area contributed by atoms with Gasteiger partial charge in [0.15, 0.2) is 0 Å². The van der Waals surface area contributed by atoms with Gasteiger partial charge in [-0.1, -0.05) is 29.3 Å². The van der Waals surface area contributed by atoms with Crippen LogP contribution in [0.3, 0.4) is 0 Å². The molecule has 2 aliphatic rings. The fourth-order valence-corrected chi connectivity index (χ4v) is 5.70. The Hall–Kier alpha value is -2.42. The first kappa shape index (κ1) is 23.7. The van der Waals surface area contributed by atoms with Crippen LogP contribution in [-0.4, -0.2) is 51.3 Å². The number of nitrogens with one attached hydrogen (secondary N) is 1. The minimum Gasteiger partial charge on any atom is -0.342 e. The van der Waals surface area contributed by atoms with Gasteiger partial charge in [-0.2, -0.15) is 0 Å². The SMILES string of the molecule is Cc1ccc(S(=O)(=O)NC[C@@H]2CCCN(C(=O)[C@@H]3CC(=O)N(c4ccc(Cl)cc4)C3)C2)cc1. The van der Waals surface area contributed by atoms with Gasteiger partial charge in [-0.05, 0) is 62.1 Å². The predicted octanol–water partition coefficient (Wildman–Crippen LogP) is 3.22. The Morgan fingerprint density at radius 3 is 2.48 bits per heavy atom. The van der Waals surface area contributed by atoms with E-state index in [0.717, 1.165) is 24.1 Å². The summed E-state index contributed by atoms with van der Waals surface area (Å²) < 4.78 is 27.9. The number of carbonyl (C=O) groups is 2. The van der Waals surface area contributed by atoms with Gasteiger partial charge in [-0.25, -0.2) is 13.1 Å². The molecule has 0 saturated carbocycles. The van der Waals surface area contributed by atoms with E-state index in [1.807, 2.05) is 6.92 Å². The minimum absolute atomic E-state index is 0.0346. The Kier molecular flexibility index (Phi) is 7.07. The zero-order valence-electron chi connectivity index (χ0n) is 18.5. The van der Waals surface area contributed by atoms with Gasteiger partial charge in [0.25, 0.3) is 0 Å². The van der Waals surface area contributed by atoms with E-state index in [-0.39, 0.29) is 35.6 Å². The second-order valence-electron chi connectivity index (χ2n) is 8.84. The Balaban J connectivity index is 1.34. The van der Waals surface area contributed by atoms with E-state index < -0.39 is 15.9 Å². The van der Waals surface area contributed by atoms with E-state index >= 15 is 0 Å². The van der Waals surface area contributed by atoms with Crippen molar-refractivity contribution in [3.63, 3.8) is 0 Å². The molecule has 2 aromatic rings. The average Bonchev–Trinajstić information content (AvgIpc) is 3.20. The molecule has 0 aliphatic carbocycles. The van der Waals surface area contributed by atoms with E-state index in [4.69, 9.17) is 11.6 Å². The first-order valence-corrected chi connectivity index (χ1v) is 13.0. The van der Waals surface area contributed by atoms with E-state index in [1.165, 1.54) is 0 Å². The number of nitrogens with zero attached hydrogens (tertiary/aromatic N) is 2. The summed E-state index contributed by atoms with van der Waals surface area (Å²) >= 11 is 5.94. The summed E-state index contributed by atoms with van der Waals surface area (Å²) in [6.45, 7) is 3.65. The molecule has 2 saturated heterocycles. The molecule has 9 heteroatoms. The molecule has 0 spiro atoms. The van der Waals surface area contributed by atoms with Crippen molar-refractivity contribution >= 4 is 39.1 Å². The van der Waals surface area contributed by atoms with Crippen LogP contribution in [0.5, 0.6) is 0 Å². The quantitative estimate of drug-likeness (QED) is 0.675. The van der Waals surface area contributed by atoms with Gasteiger partial charge >= 0.3 is 0 Å². The van der Waals surface area contributed by atoms with Gasteiger partial charge in [-0.3, -0.25) is 9.59 Å². The third-order valence-corrected chi connectivity index (χ3v) is 8.03. The maximum Gasteiger partial charge on any atom is 0.240 e. The van der Waals surface area contributed by atoms with Crippen molar-refractivity contribution in [3.05, 3.63) is 59.1 Å². The third-order valence-electron chi connectivity index (χ3n) is 6.34. The fourth-order valence-electron chi connectivity index (χ4n) is 4.46. The summed E-state index contributed by atoms with van der Waals surface area (Å²) in [6.07, 6.45) is 1.84. The average molecular weight is 490 g/mol. The van der Waals surface area contributed by atoms with Gasteiger partial charge in [-0.15, -0.1) is 0 Å². The number of hydrogen-bond acceptors (Lipinski definition) is 4. The minimum atomic E-state index is -3.59. The second kappa shape index (κ2) is 9.83. The van der Waals surface area contributed by atoms with Crippen LogP contribution in [0.1, 0.15) is 24.8 Å². The van der Waals surface area contributed by atoms with Crippen LogP contribution in [0.25, 0.3) is 0 Å². The molecule has 2 aliphatic heterocycles. The first-order valence-electron chi connectivity index (χ1n) is 11.1. The van der Waals surface area contributed by atoms with E-state index in [1.54, 1.807) is 58.3 Å². The summed E-state index contributed by atoms with van der Waals surface area (Å²) in [5.41, 5.74) is 1.73. The molecule has 7 nitrogen and oxygen atoms in total. The number of benzene rings is 2. The van der Waals surface area contributed by atoms with E-state index in [9.17, 15) is 18.0 Å². The molecule has 1 N–H and O–H groups in total. The van der Waals surface area contributed by atoms with Crippen LogP contribution >= 0.6 is 11.6 Å². The molecule has 0 unspecified atom stereocenters. The molecule has 2 fully saturated rings. The van der Waals surface area contributed by atoms with Gasteiger partial charge in [0, 0.05) is 43.3 Å². The highest BCUT2D eigenvalue weighted by Gasteiger charge is 2.38. The molecular weight excluding hydrogens is 462 g/mol. The molecule has 2 amide bonds. The molecular formula is C24H28ClN3O4S. The summed E-state index contributed by atoms with van der Waals surface area (Å²) in [6, 6.07) is 13.8. The smallest absolute Gasteiger partial charge is 0.240 e. The highest BCUT2D eigenvalue weighted by Crippen LogP contribution is 2.29. The van der Waals surface area contributed by atoms with Gasteiger partial charge in [0.2, 0.25) is 21.8 Å². The Bertz CT molecular complexity index is 1120. The van der Waals surface area contributed by atoms with Crippen LogP contribution in [0.15, 0.2) is 53.4 Å². The van der Waals surface area contributed by atoms with Crippen molar-refractivity contribution in [2.75, 3.05) is 31.1 Å². The van der Waals surface area contributed by atoms with Crippen molar-refractivity contribution in [1.82, 2.24) is 9.62 Å². The lowest BCUT2D eigenvalue weighted by Crippen LogP contribution is -2.46. The van der Waals surface area contributed by atoms with Crippen molar-refractivity contribution in [3.8, 4) is 0 Å². The number of halogens is 1. The maximum absolute atomic E-state index is 13.2. The van der Waals surface area contributed by atoms with Crippen molar-refractivity contribution in [2.45, 2.75) is 31.1 Å². The number of likely N-dealkylation sites (tertiary alicyclic amines) is 1. The number of amides is 2. The largest absolute Gasteiger partial charge is 0.342 e. The van der Waals surface area contributed by atoms with Crippen LogP contribution in [0.4, 0.5) is 5.69 Å². The van der Waals surface area contributed by atoms with Crippen molar-refractivity contribution < 1.29 is 18.0 Å². The Labute approximate surface area is 199 Å². The van der Waals surface area contributed by atoms with Crippen LogP contribution in [-0.2, 0) is 19.6 Å². The first-order chi connectivity index (χ1) is 15.7. The van der Waals surface area contributed by atoms with Crippen LogP contribution in [0, 0.1) is 18.8 Å². The molecule has 2 atom stereocenters. The van der Waals surface area contributed by atoms with Crippen LogP contribution < -0.4 is 9.62 Å². The zero-order chi connectivity index (χ0) is 23.6. The summed E-state index contributed by atoms with van der Waals surface area (Å²) in [5.74, 6) is -0.468. The predicted molar refractivity (Wildman–Crippen MR) is 128 cm³/mol. The van der Waals surface area contributed by atoms with Gasteiger partial charge < -0.3 is 9.80 Å². The Morgan fingerprint density at radius 1 is 1.09 bits per heavy atom. The summed E-state index contributed by atoms with van der Waals surface area (Å²) in [4.78, 5) is 29.4. The normalized spacial score (nSPS) is 21.5. The molecule has 0 bridgehead atoms. The lowest BCUT2D eigenvalue weighted by molar-refractivity contribution is -0.137. The number of anilines is 1. The van der Waals surface area contributed by atoms with Gasteiger partial charge in [0.1, 0.15) is 0 Å². The maximum atomic E-state index is 13.2. The molecule has 0 radical (unpaired) electrons. The van der Waals surface area contributed by atoms with E-state index in [0.29, 0.717) is 24.7 Å².